The second kappa shape index (κ2) is 20.9. The van der Waals surface area contributed by atoms with Gasteiger partial charge in [-0.05, 0) is 110 Å². The number of amides is 4. The van der Waals surface area contributed by atoms with E-state index in [9.17, 15) is 38.2 Å². The minimum atomic E-state index is -1.14. The molecule has 6 rings (SSSR count). The fourth-order valence-corrected chi connectivity index (χ4v) is 8.35. The van der Waals surface area contributed by atoms with Gasteiger partial charge in [0.15, 0.2) is 0 Å². The van der Waals surface area contributed by atoms with Crippen LogP contribution in [0.2, 0.25) is 10.0 Å². The van der Waals surface area contributed by atoms with Gasteiger partial charge in [-0.2, -0.15) is 0 Å². The van der Waals surface area contributed by atoms with Gasteiger partial charge in [0.05, 0.1) is 12.2 Å². The van der Waals surface area contributed by atoms with Crippen molar-refractivity contribution in [3.63, 3.8) is 0 Å². The molecule has 2 aromatic rings. The summed E-state index contributed by atoms with van der Waals surface area (Å²) >= 11 is 11.9. The molecule has 0 radical (unpaired) electrons. The van der Waals surface area contributed by atoms with E-state index in [0.717, 1.165) is 18.9 Å². The standard InChI is InChI=1S/C22H31ClFN3O5.C22H29ClFN3O3/c1-22(2,3)32-21(31)26-6-4-5-16(11-26)27-12-19(29)18(28)10-17(20(27)30)25-15-8-13(23)7-14(24)9-15;1-22(2,3)30-21(29)26-9-6-7-18(14-26)27-10-5-4-8-19(20(27)28)25-17-12-15(23)11-16(24)13-17/h7-9,16-19,25,28-29H,4-6,10-12H2,1-3H3;4-5,11-13,18-19,25H,6-10,14H2,1-3H3/t16-,17-,18?,19?;18-,19-/m11/s1. The third-order valence-electron chi connectivity index (χ3n) is 10.7. The molecule has 2 aromatic carbocycles. The molecule has 0 bridgehead atoms. The van der Waals surface area contributed by atoms with Crippen LogP contribution in [0.4, 0.5) is 29.7 Å². The normalized spacial score (nSPS) is 25.0. The lowest BCUT2D eigenvalue weighted by molar-refractivity contribution is -0.136. The summed E-state index contributed by atoms with van der Waals surface area (Å²) in [6, 6.07) is 6.13. The molecule has 4 heterocycles. The maximum absolute atomic E-state index is 13.7. The number of aliphatic hydroxyl groups is 2. The summed E-state index contributed by atoms with van der Waals surface area (Å²) < 4.78 is 38.4. The fraction of sp³-hybridized carbons (Fsp3) is 0.591. The summed E-state index contributed by atoms with van der Waals surface area (Å²) in [6.07, 6.45) is 4.20. The van der Waals surface area contributed by atoms with E-state index in [4.69, 9.17) is 32.7 Å². The Morgan fingerprint density at radius 3 is 1.63 bits per heavy atom. The zero-order valence-corrected chi connectivity index (χ0v) is 37.7. The SMILES string of the molecule is CC(C)(C)OC(=O)N1CCC[C@@H](N2CC(O)C(O)C[C@@H](Nc3cc(F)cc(Cl)c3)C2=O)C1.CC(C)(C)OC(=O)N1CCC[C@@H](N2CC=CC[C@@H](Nc3cc(F)cc(Cl)c3)C2=O)C1. The molecular weight excluding hydrogens is 849 g/mol. The Balaban J connectivity index is 0.000000235. The van der Waals surface area contributed by atoms with Crippen LogP contribution in [0.15, 0.2) is 48.6 Å². The van der Waals surface area contributed by atoms with E-state index in [2.05, 4.69) is 10.6 Å². The summed E-state index contributed by atoms with van der Waals surface area (Å²) in [5.74, 6) is -1.43. The minimum Gasteiger partial charge on any atom is -0.444 e. The van der Waals surface area contributed by atoms with Crippen molar-refractivity contribution in [2.45, 2.75) is 128 Å². The molecule has 3 fully saturated rings. The Bertz CT molecular complexity index is 1910. The van der Waals surface area contributed by atoms with Crippen LogP contribution in [0.5, 0.6) is 0 Å². The third kappa shape index (κ3) is 14.1. The van der Waals surface area contributed by atoms with Crippen molar-refractivity contribution in [2.75, 3.05) is 49.9 Å². The Morgan fingerprint density at radius 2 is 1.15 bits per heavy atom. The number of piperidine rings is 2. The monoisotopic (exact) mass is 908 g/mol. The van der Waals surface area contributed by atoms with Gasteiger partial charge in [-0.1, -0.05) is 35.4 Å². The van der Waals surface area contributed by atoms with Crippen LogP contribution in [0, 0.1) is 11.6 Å². The van der Waals surface area contributed by atoms with Crippen LogP contribution in [0.3, 0.4) is 0 Å². The summed E-state index contributed by atoms with van der Waals surface area (Å²) in [6.45, 7) is 13.1. The van der Waals surface area contributed by atoms with Crippen molar-refractivity contribution >= 4 is 58.6 Å². The first-order valence-electron chi connectivity index (χ1n) is 21.1. The van der Waals surface area contributed by atoms with Gasteiger partial charge in [0, 0.05) is 79.2 Å². The first-order valence-corrected chi connectivity index (χ1v) is 21.8. The highest BCUT2D eigenvalue weighted by atomic mass is 35.5. The van der Waals surface area contributed by atoms with Gasteiger partial charge in [-0.3, -0.25) is 9.59 Å². The zero-order valence-electron chi connectivity index (χ0n) is 36.2. The highest BCUT2D eigenvalue weighted by molar-refractivity contribution is 6.31. The minimum absolute atomic E-state index is 0.0485. The smallest absolute Gasteiger partial charge is 0.410 e. The average Bonchev–Trinajstić information content (AvgIpc) is 3.40. The predicted octanol–water partition coefficient (Wildman–Crippen LogP) is 7.06. The molecule has 4 aliphatic rings. The number of likely N-dealkylation sites (tertiary alicyclic amines) is 3. The van der Waals surface area contributed by atoms with E-state index in [-0.39, 0.29) is 59.5 Å². The lowest BCUT2D eigenvalue weighted by Crippen LogP contribution is -2.55. The number of anilines is 2. The highest BCUT2D eigenvalue weighted by Gasteiger charge is 2.41. The van der Waals surface area contributed by atoms with E-state index in [0.29, 0.717) is 56.8 Å². The molecule has 6 atom stereocenters. The molecule has 342 valence electrons. The molecule has 0 spiro atoms. The average molecular weight is 910 g/mol. The number of ether oxygens (including phenoxy) is 2. The molecule has 4 N–H and O–H groups in total. The summed E-state index contributed by atoms with van der Waals surface area (Å²) in [4.78, 5) is 58.3. The molecule has 3 saturated heterocycles. The Kier molecular flexibility index (Phi) is 16.4. The van der Waals surface area contributed by atoms with Gasteiger partial charge < -0.3 is 49.9 Å². The van der Waals surface area contributed by atoms with Crippen molar-refractivity contribution in [1.82, 2.24) is 19.6 Å². The zero-order chi connectivity index (χ0) is 45.5. The van der Waals surface area contributed by atoms with Crippen molar-refractivity contribution < 1.29 is 47.6 Å². The van der Waals surface area contributed by atoms with Crippen LogP contribution in [0.25, 0.3) is 0 Å². The molecule has 18 heteroatoms. The Morgan fingerprint density at radius 1 is 0.677 bits per heavy atom. The maximum Gasteiger partial charge on any atom is 0.410 e. The second-order valence-electron chi connectivity index (χ2n) is 18.2. The second-order valence-corrected chi connectivity index (χ2v) is 19.1. The van der Waals surface area contributed by atoms with Crippen molar-refractivity contribution in [2.24, 2.45) is 0 Å². The maximum atomic E-state index is 13.7. The van der Waals surface area contributed by atoms with Gasteiger partial charge in [-0.15, -0.1) is 0 Å². The van der Waals surface area contributed by atoms with Gasteiger partial charge in [-0.25, -0.2) is 18.4 Å². The molecule has 0 aliphatic carbocycles. The van der Waals surface area contributed by atoms with Crippen LogP contribution < -0.4 is 10.6 Å². The first kappa shape index (κ1) is 48.6. The first-order chi connectivity index (χ1) is 29.0. The number of halogens is 4. The lowest BCUT2D eigenvalue weighted by atomic mass is 10.0. The van der Waals surface area contributed by atoms with Gasteiger partial charge in [0.25, 0.3) is 0 Å². The topological polar surface area (TPSA) is 164 Å². The highest BCUT2D eigenvalue weighted by Crippen LogP contribution is 2.28. The number of carbonyl (C=O) groups is 4. The van der Waals surface area contributed by atoms with Crippen molar-refractivity contribution in [1.29, 1.82) is 0 Å². The van der Waals surface area contributed by atoms with Gasteiger partial charge in [0.1, 0.15) is 34.9 Å². The van der Waals surface area contributed by atoms with E-state index in [1.54, 1.807) is 41.5 Å². The third-order valence-corrected chi connectivity index (χ3v) is 11.1. The molecule has 2 unspecified atom stereocenters. The molecular formula is C44H60Cl2F2N6O8. The van der Waals surface area contributed by atoms with Crippen LogP contribution in [-0.2, 0) is 19.1 Å². The van der Waals surface area contributed by atoms with Crippen LogP contribution in [0.1, 0.15) is 80.1 Å². The lowest BCUT2D eigenvalue weighted by Gasteiger charge is -2.40. The summed E-state index contributed by atoms with van der Waals surface area (Å²) in [7, 11) is 0. The summed E-state index contributed by atoms with van der Waals surface area (Å²) in [5, 5.41) is 27.3. The Labute approximate surface area is 372 Å². The fourth-order valence-electron chi connectivity index (χ4n) is 7.90. The predicted molar refractivity (Wildman–Crippen MR) is 233 cm³/mol. The number of hydrogen-bond donors (Lipinski definition) is 4. The van der Waals surface area contributed by atoms with E-state index in [1.165, 1.54) is 29.2 Å². The molecule has 4 amide bonds. The van der Waals surface area contributed by atoms with Crippen molar-refractivity contribution in [3.05, 3.63) is 70.2 Å². The number of rotatable bonds is 6. The van der Waals surface area contributed by atoms with Crippen LogP contribution >= 0.6 is 23.2 Å². The Hall–Kier alpha value is -4.38. The van der Waals surface area contributed by atoms with E-state index >= 15 is 0 Å². The molecule has 0 aromatic heterocycles. The summed E-state index contributed by atoms with van der Waals surface area (Å²) in [5.41, 5.74) is -0.431. The molecule has 0 saturated carbocycles. The molecule has 62 heavy (non-hydrogen) atoms. The number of carbonyl (C=O) groups excluding carboxylic acids is 4. The van der Waals surface area contributed by atoms with E-state index < -0.39 is 53.2 Å². The van der Waals surface area contributed by atoms with Gasteiger partial charge >= 0.3 is 12.2 Å². The number of nitrogens with zero attached hydrogens (tertiary/aromatic N) is 4. The largest absolute Gasteiger partial charge is 0.444 e. The molecule has 4 aliphatic heterocycles. The number of nitrogens with one attached hydrogen (secondary N) is 2. The number of aliphatic hydroxyl groups excluding tert-OH is 2. The van der Waals surface area contributed by atoms with E-state index in [1.807, 2.05) is 32.9 Å². The number of hydrogen-bond acceptors (Lipinski definition) is 10. The number of β-amino-alcohol motifs (C(OH)–C–C–N with tert-alkyl or cyclic N) is 1. The molecule has 14 nitrogen and oxygen atoms in total. The van der Waals surface area contributed by atoms with Crippen molar-refractivity contribution in [3.8, 4) is 0 Å². The van der Waals surface area contributed by atoms with Gasteiger partial charge in [0.2, 0.25) is 11.8 Å². The number of benzene rings is 2. The quantitative estimate of drug-likeness (QED) is 0.221. The van der Waals surface area contributed by atoms with Crippen LogP contribution in [-0.4, -0.2) is 141 Å².